The largest absolute Gasteiger partial charge is 0.313 e. The van der Waals surface area contributed by atoms with E-state index in [9.17, 15) is 0 Å². The number of benzene rings is 1. The van der Waals surface area contributed by atoms with Crippen LogP contribution in [0.25, 0.3) is 0 Å². The van der Waals surface area contributed by atoms with Crippen LogP contribution in [0.5, 0.6) is 0 Å². The van der Waals surface area contributed by atoms with Gasteiger partial charge in [0.05, 0.1) is 0 Å². The Morgan fingerprint density at radius 2 is 1.79 bits per heavy atom. The molecule has 0 radical (unpaired) electrons. The highest BCUT2D eigenvalue weighted by atomic mass is 15.1. The number of hydrogen-bond donors (Lipinski definition) is 1. The normalized spacial score (nSPS) is 12.4. The van der Waals surface area contributed by atoms with Crippen molar-refractivity contribution < 1.29 is 0 Å². The van der Waals surface area contributed by atoms with Crippen LogP contribution in [0.4, 0.5) is 0 Å². The summed E-state index contributed by atoms with van der Waals surface area (Å²) in [6.07, 6.45) is 0. The highest BCUT2D eigenvalue weighted by Crippen LogP contribution is 2.26. The lowest BCUT2D eigenvalue weighted by Gasteiger charge is -2.26. The maximum Gasteiger partial charge on any atom is 0.0234 e. The van der Waals surface area contributed by atoms with E-state index in [1.165, 1.54) is 11.1 Å². The molecule has 2 nitrogen and oxygen atoms in total. The van der Waals surface area contributed by atoms with Crippen LogP contribution in [0.15, 0.2) is 24.3 Å². The fourth-order valence-electron chi connectivity index (χ4n) is 2.30. The van der Waals surface area contributed by atoms with E-state index in [0.29, 0.717) is 6.04 Å². The fraction of sp³-hybridized carbons (Fsp3) is 0.647. The Hall–Kier alpha value is -0.860. The van der Waals surface area contributed by atoms with Crippen LogP contribution in [0, 0.1) is 0 Å². The average molecular weight is 262 g/mol. The number of nitrogens with one attached hydrogen (secondary N) is 1. The lowest BCUT2D eigenvalue weighted by Crippen LogP contribution is -2.33. The number of nitrogens with zero attached hydrogens (tertiary/aromatic N) is 1. The molecular weight excluding hydrogens is 232 g/mol. The number of likely N-dealkylation sites (N-methyl/N-ethyl adjacent to an activating group) is 1. The van der Waals surface area contributed by atoms with Crippen molar-refractivity contribution in [3.05, 3.63) is 35.4 Å². The highest BCUT2D eigenvalue weighted by Gasteiger charge is 2.17. The quantitative estimate of drug-likeness (QED) is 0.845. The van der Waals surface area contributed by atoms with Gasteiger partial charge in [-0.15, -0.1) is 0 Å². The number of rotatable bonds is 6. The van der Waals surface area contributed by atoms with Crippen molar-refractivity contribution in [2.45, 2.75) is 52.6 Å². The van der Waals surface area contributed by atoms with E-state index >= 15 is 0 Å². The van der Waals surface area contributed by atoms with E-state index in [0.717, 1.165) is 19.6 Å². The Bertz CT molecular complexity index is 377. The van der Waals surface area contributed by atoms with Crippen LogP contribution in [-0.4, -0.2) is 31.1 Å². The van der Waals surface area contributed by atoms with Gasteiger partial charge >= 0.3 is 0 Å². The Kier molecular flexibility index (Phi) is 6.02. The van der Waals surface area contributed by atoms with Gasteiger partial charge in [-0.3, -0.25) is 0 Å². The molecule has 0 aliphatic rings. The minimum atomic E-state index is 0.216. The maximum atomic E-state index is 3.47. The van der Waals surface area contributed by atoms with Crippen LogP contribution in [0.2, 0.25) is 0 Å². The first-order valence-electron chi connectivity index (χ1n) is 7.31. The van der Waals surface area contributed by atoms with Crippen molar-refractivity contribution in [2.24, 2.45) is 0 Å². The predicted molar refractivity (Wildman–Crippen MR) is 84.6 cm³/mol. The van der Waals surface area contributed by atoms with Gasteiger partial charge in [-0.25, -0.2) is 0 Å². The summed E-state index contributed by atoms with van der Waals surface area (Å²) in [4.78, 5) is 2.39. The molecule has 0 saturated carbocycles. The molecule has 1 N–H and O–H groups in total. The lowest BCUT2D eigenvalue weighted by molar-refractivity contribution is 0.317. The molecule has 0 fully saturated rings. The van der Waals surface area contributed by atoms with E-state index in [-0.39, 0.29) is 5.41 Å². The standard InChI is InChI=1S/C17H30N2/c1-14(2)18-11-12-19(6)13-15-9-7-8-10-16(15)17(3,4)5/h7-10,14,18H,11-13H2,1-6H3. The molecule has 0 saturated heterocycles. The molecule has 1 aromatic rings. The molecule has 0 aliphatic carbocycles. The monoisotopic (exact) mass is 262 g/mol. The maximum absolute atomic E-state index is 3.47. The Balaban J connectivity index is 2.62. The third-order valence-electron chi connectivity index (χ3n) is 3.31. The van der Waals surface area contributed by atoms with E-state index < -0.39 is 0 Å². The van der Waals surface area contributed by atoms with E-state index in [2.05, 4.69) is 76.1 Å². The van der Waals surface area contributed by atoms with Gasteiger partial charge in [0.25, 0.3) is 0 Å². The summed E-state index contributed by atoms with van der Waals surface area (Å²) in [6, 6.07) is 9.37. The third kappa shape index (κ3) is 5.75. The summed E-state index contributed by atoms with van der Waals surface area (Å²) in [5.41, 5.74) is 3.12. The van der Waals surface area contributed by atoms with Crippen LogP contribution in [-0.2, 0) is 12.0 Å². The molecular formula is C17H30N2. The Morgan fingerprint density at radius 1 is 1.16 bits per heavy atom. The van der Waals surface area contributed by atoms with Crippen molar-refractivity contribution in [3.8, 4) is 0 Å². The Labute approximate surface area is 119 Å². The van der Waals surface area contributed by atoms with Crippen LogP contribution >= 0.6 is 0 Å². The second-order valence-electron chi connectivity index (χ2n) is 6.75. The van der Waals surface area contributed by atoms with Crippen molar-refractivity contribution >= 4 is 0 Å². The molecule has 0 bridgehead atoms. The SMILES string of the molecule is CC(C)NCCN(C)Cc1ccccc1C(C)(C)C. The summed E-state index contributed by atoms with van der Waals surface area (Å²) in [5, 5.41) is 3.47. The van der Waals surface area contributed by atoms with Crippen molar-refractivity contribution in [2.75, 3.05) is 20.1 Å². The molecule has 1 aromatic carbocycles. The second kappa shape index (κ2) is 7.06. The third-order valence-corrected chi connectivity index (χ3v) is 3.31. The van der Waals surface area contributed by atoms with Gasteiger partial charge in [-0.05, 0) is 23.6 Å². The van der Waals surface area contributed by atoms with Gasteiger partial charge in [-0.2, -0.15) is 0 Å². The smallest absolute Gasteiger partial charge is 0.0234 e. The van der Waals surface area contributed by atoms with Gasteiger partial charge in [-0.1, -0.05) is 58.9 Å². The topological polar surface area (TPSA) is 15.3 Å². The molecule has 108 valence electrons. The molecule has 0 atom stereocenters. The average Bonchev–Trinajstić information content (AvgIpc) is 2.27. The number of hydrogen-bond acceptors (Lipinski definition) is 2. The molecule has 0 unspecified atom stereocenters. The highest BCUT2D eigenvalue weighted by molar-refractivity contribution is 5.32. The minimum Gasteiger partial charge on any atom is -0.313 e. The summed E-state index contributed by atoms with van der Waals surface area (Å²) in [7, 11) is 2.20. The fourth-order valence-corrected chi connectivity index (χ4v) is 2.30. The molecule has 0 aromatic heterocycles. The second-order valence-corrected chi connectivity index (χ2v) is 6.75. The molecule has 2 heteroatoms. The zero-order chi connectivity index (χ0) is 14.5. The van der Waals surface area contributed by atoms with Gasteiger partial charge < -0.3 is 10.2 Å². The lowest BCUT2D eigenvalue weighted by atomic mass is 9.83. The van der Waals surface area contributed by atoms with E-state index in [1.54, 1.807) is 0 Å². The van der Waals surface area contributed by atoms with Crippen LogP contribution in [0.3, 0.4) is 0 Å². The Morgan fingerprint density at radius 3 is 2.37 bits per heavy atom. The molecule has 19 heavy (non-hydrogen) atoms. The van der Waals surface area contributed by atoms with Crippen LogP contribution in [0.1, 0.15) is 45.7 Å². The minimum absolute atomic E-state index is 0.216. The predicted octanol–water partition coefficient (Wildman–Crippen LogP) is 3.41. The molecule has 0 heterocycles. The molecule has 0 amide bonds. The zero-order valence-electron chi connectivity index (χ0n) is 13.5. The van der Waals surface area contributed by atoms with Gasteiger partial charge in [0.2, 0.25) is 0 Å². The zero-order valence-corrected chi connectivity index (χ0v) is 13.5. The summed E-state index contributed by atoms with van der Waals surface area (Å²) >= 11 is 0. The van der Waals surface area contributed by atoms with Gasteiger partial charge in [0.15, 0.2) is 0 Å². The van der Waals surface area contributed by atoms with E-state index in [4.69, 9.17) is 0 Å². The molecule has 1 rings (SSSR count). The first-order chi connectivity index (χ1) is 8.80. The van der Waals surface area contributed by atoms with Gasteiger partial charge in [0.1, 0.15) is 0 Å². The van der Waals surface area contributed by atoms with Crippen molar-refractivity contribution in [1.82, 2.24) is 10.2 Å². The molecule has 0 spiro atoms. The van der Waals surface area contributed by atoms with Crippen molar-refractivity contribution in [1.29, 1.82) is 0 Å². The van der Waals surface area contributed by atoms with E-state index in [1.807, 2.05) is 0 Å². The van der Waals surface area contributed by atoms with Crippen molar-refractivity contribution in [3.63, 3.8) is 0 Å². The summed E-state index contributed by atoms with van der Waals surface area (Å²) < 4.78 is 0. The molecule has 0 aliphatic heterocycles. The van der Waals surface area contributed by atoms with Gasteiger partial charge in [0, 0.05) is 25.7 Å². The van der Waals surface area contributed by atoms with Crippen LogP contribution < -0.4 is 5.32 Å². The summed E-state index contributed by atoms with van der Waals surface area (Å²) in [6.45, 7) is 14.4. The summed E-state index contributed by atoms with van der Waals surface area (Å²) in [5.74, 6) is 0. The first kappa shape index (κ1) is 16.2. The first-order valence-corrected chi connectivity index (χ1v) is 7.31.